The van der Waals surface area contributed by atoms with E-state index in [9.17, 15) is 4.79 Å². The molecule has 0 unspecified atom stereocenters. The Balaban J connectivity index is 1.77. The summed E-state index contributed by atoms with van der Waals surface area (Å²) in [6.45, 7) is 4.60. The number of ether oxygens (including phenoxy) is 1. The smallest absolute Gasteiger partial charge is 0.249 e. The Morgan fingerprint density at radius 3 is 2.39 bits per heavy atom. The third-order valence-electron chi connectivity index (χ3n) is 7.41. The molecule has 1 heterocycles. The van der Waals surface area contributed by atoms with E-state index in [1.54, 1.807) is 0 Å². The quantitative estimate of drug-likeness (QED) is 0.295. The first-order chi connectivity index (χ1) is 17.5. The first-order valence-corrected chi connectivity index (χ1v) is 12.8. The van der Waals surface area contributed by atoms with Gasteiger partial charge < -0.3 is 16.2 Å². The van der Waals surface area contributed by atoms with Gasteiger partial charge in [0.2, 0.25) is 5.91 Å². The molecule has 0 atom stereocenters. The number of pyridine rings is 1. The van der Waals surface area contributed by atoms with Crippen LogP contribution in [0.15, 0.2) is 60.7 Å². The molecule has 1 aliphatic carbocycles. The van der Waals surface area contributed by atoms with Crippen LogP contribution in [0, 0.1) is 6.92 Å². The highest BCUT2D eigenvalue weighted by atomic mass is 16.5. The molecule has 1 saturated carbocycles. The molecule has 1 fully saturated rings. The van der Waals surface area contributed by atoms with E-state index >= 15 is 0 Å². The number of hydrogen-bond donors (Lipinski definition) is 2. The summed E-state index contributed by atoms with van der Waals surface area (Å²) in [4.78, 5) is 18.3. The number of primary amides is 1. The summed E-state index contributed by atoms with van der Waals surface area (Å²) in [7, 11) is 0. The number of benzene rings is 3. The Labute approximate surface area is 212 Å². The second-order valence-corrected chi connectivity index (χ2v) is 9.68. The molecular formula is C31H33N3O2. The van der Waals surface area contributed by atoms with Crippen LogP contribution in [0.4, 0.5) is 5.69 Å². The molecule has 1 aromatic heterocycles. The lowest BCUT2D eigenvalue weighted by Crippen LogP contribution is -2.19. The molecule has 0 spiro atoms. The number of fused-ring (bicyclic) bond motifs is 1. The number of nitrogens with two attached hydrogens (primary N) is 2. The normalized spacial score (nSPS) is 13.8. The molecule has 5 heteroatoms. The van der Waals surface area contributed by atoms with Crippen LogP contribution in [0.25, 0.3) is 22.2 Å². The predicted octanol–water partition coefficient (Wildman–Crippen LogP) is 6.54. The van der Waals surface area contributed by atoms with Crippen molar-refractivity contribution in [2.75, 3.05) is 12.3 Å². The van der Waals surface area contributed by atoms with E-state index in [0.717, 1.165) is 65.8 Å². The SMILES string of the molecule is CCOc1ccc(-c2nc3cc(Cc4ccccc4)c(C)c(N)c3c(C(N)=O)c2C2CCCC2)cc1. The van der Waals surface area contributed by atoms with Gasteiger partial charge in [0.25, 0.3) is 0 Å². The Morgan fingerprint density at radius 1 is 1.06 bits per heavy atom. The van der Waals surface area contributed by atoms with Crippen molar-refractivity contribution in [3.63, 3.8) is 0 Å². The van der Waals surface area contributed by atoms with E-state index in [2.05, 4.69) is 18.2 Å². The van der Waals surface area contributed by atoms with Gasteiger partial charge in [-0.2, -0.15) is 0 Å². The van der Waals surface area contributed by atoms with Crippen LogP contribution in [0.2, 0.25) is 0 Å². The van der Waals surface area contributed by atoms with Gasteiger partial charge in [0.15, 0.2) is 0 Å². The van der Waals surface area contributed by atoms with Gasteiger partial charge in [0.1, 0.15) is 5.75 Å². The molecule has 0 saturated heterocycles. The topological polar surface area (TPSA) is 91.2 Å². The summed E-state index contributed by atoms with van der Waals surface area (Å²) in [5.74, 6) is 0.595. The summed E-state index contributed by atoms with van der Waals surface area (Å²) in [6.07, 6.45) is 5.04. The summed E-state index contributed by atoms with van der Waals surface area (Å²) in [5, 5.41) is 0.688. The molecule has 4 N–H and O–H groups in total. The molecular weight excluding hydrogens is 446 g/mol. The molecule has 3 aromatic carbocycles. The minimum atomic E-state index is -0.446. The van der Waals surface area contributed by atoms with Gasteiger partial charge in [-0.1, -0.05) is 43.2 Å². The van der Waals surface area contributed by atoms with E-state index in [1.165, 1.54) is 5.56 Å². The average Bonchev–Trinajstić information content (AvgIpc) is 3.42. The molecule has 4 aromatic rings. The van der Waals surface area contributed by atoms with E-state index in [0.29, 0.717) is 28.8 Å². The van der Waals surface area contributed by atoms with Gasteiger partial charge in [-0.05, 0) is 91.6 Å². The fraction of sp³-hybridized carbons (Fsp3) is 0.290. The van der Waals surface area contributed by atoms with Crippen LogP contribution in [0.5, 0.6) is 5.75 Å². The molecule has 5 nitrogen and oxygen atoms in total. The molecule has 5 rings (SSSR count). The van der Waals surface area contributed by atoms with Crippen molar-refractivity contribution in [2.24, 2.45) is 5.73 Å². The van der Waals surface area contributed by atoms with Crippen LogP contribution < -0.4 is 16.2 Å². The lowest BCUT2D eigenvalue weighted by Gasteiger charge is -2.23. The van der Waals surface area contributed by atoms with Crippen LogP contribution in [-0.2, 0) is 6.42 Å². The van der Waals surface area contributed by atoms with Crippen molar-refractivity contribution in [3.05, 3.63) is 88.5 Å². The number of carbonyl (C=O) groups excluding carboxylic acids is 1. The van der Waals surface area contributed by atoms with Gasteiger partial charge in [-0.15, -0.1) is 0 Å². The Morgan fingerprint density at radius 2 is 1.75 bits per heavy atom. The number of aromatic nitrogens is 1. The summed E-state index contributed by atoms with van der Waals surface area (Å²) < 4.78 is 5.65. The van der Waals surface area contributed by atoms with Crippen LogP contribution in [0.1, 0.15) is 71.1 Å². The third kappa shape index (κ3) is 4.41. The number of nitrogen functional groups attached to an aromatic ring is 1. The van der Waals surface area contributed by atoms with E-state index < -0.39 is 5.91 Å². The molecule has 36 heavy (non-hydrogen) atoms. The first kappa shape index (κ1) is 23.9. The second-order valence-electron chi connectivity index (χ2n) is 9.68. The van der Waals surface area contributed by atoms with Crippen molar-refractivity contribution in [1.29, 1.82) is 0 Å². The summed E-state index contributed by atoms with van der Waals surface area (Å²) in [6, 6.07) is 20.3. The maximum Gasteiger partial charge on any atom is 0.249 e. The zero-order valence-electron chi connectivity index (χ0n) is 21.0. The van der Waals surface area contributed by atoms with Gasteiger partial charge in [-0.25, -0.2) is 4.98 Å². The van der Waals surface area contributed by atoms with Gasteiger partial charge in [0, 0.05) is 16.6 Å². The Bertz CT molecular complexity index is 1410. The van der Waals surface area contributed by atoms with Crippen molar-refractivity contribution < 1.29 is 9.53 Å². The average molecular weight is 480 g/mol. The molecule has 0 radical (unpaired) electrons. The van der Waals surface area contributed by atoms with Gasteiger partial charge >= 0.3 is 0 Å². The predicted molar refractivity (Wildman–Crippen MR) is 146 cm³/mol. The van der Waals surface area contributed by atoms with Gasteiger partial charge in [-0.3, -0.25) is 4.79 Å². The molecule has 0 aliphatic heterocycles. The van der Waals surface area contributed by atoms with E-state index in [1.807, 2.05) is 56.3 Å². The fourth-order valence-corrected chi connectivity index (χ4v) is 5.59. The Hall–Kier alpha value is -3.86. The van der Waals surface area contributed by atoms with Crippen molar-refractivity contribution in [3.8, 4) is 17.0 Å². The zero-order chi connectivity index (χ0) is 25.2. The number of rotatable bonds is 7. The number of anilines is 1. The van der Waals surface area contributed by atoms with Crippen molar-refractivity contribution in [1.82, 2.24) is 4.98 Å². The van der Waals surface area contributed by atoms with Gasteiger partial charge in [0.05, 0.1) is 23.4 Å². The minimum absolute atomic E-state index is 0.231. The maximum absolute atomic E-state index is 13.1. The second kappa shape index (κ2) is 10.0. The number of hydrogen-bond acceptors (Lipinski definition) is 4. The Kier molecular flexibility index (Phi) is 6.64. The summed E-state index contributed by atoms with van der Waals surface area (Å²) in [5.41, 5.74) is 20.7. The number of amides is 1. The molecule has 184 valence electrons. The van der Waals surface area contributed by atoms with Crippen LogP contribution >= 0.6 is 0 Å². The third-order valence-corrected chi connectivity index (χ3v) is 7.41. The molecule has 0 bridgehead atoms. The van der Waals surface area contributed by atoms with E-state index in [-0.39, 0.29) is 5.92 Å². The summed E-state index contributed by atoms with van der Waals surface area (Å²) >= 11 is 0. The highest BCUT2D eigenvalue weighted by Gasteiger charge is 2.30. The van der Waals surface area contributed by atoms with Crippen molar-refractivity contribution in [2.45, 2.75) is 51.9 Å². The lowest BCUT2D eigenvalue weighted by molar-refractivity contribution is 0.100. The van der Waals surface area contributed by atoms with Crippen molar-refractivity contribution >= 4 is 22.5 Å². The maximum atomic E-state index is 13.1. The minimum Gasteiger partial charge on any atom is -0.494 e. The van der Waals surface area contributed by atoms with Crippen LogP contribution in [0.3, 0.4) is 0 Å². The highest BCUT2D eigenvalue weighted by Crippen LogP contribution is 2.44. The highest BCUT2D eigenvalue weighted by molar-refractivity contribution is 6.13. The molecule has 1 aliphatic rings. The first-order valence-electron chi connectivity index (χ1n) is 12.8. The standard InChI is InChI=1S/C31H33N3O2/c1-3-36-24-15-13-22(14-16-24)30-26(21-11-7-8-12-21)28(31(33)35)27-25(34-30)18-23(19(2)29(27)32)17-20-9-5-4-6-10-20/h4-6,9-10,13-16,18,21H,3,7-8,11-12,17,32H2,1-2H3,(H2,33,35). The lowest BCUT2D eigenvalue weighted by atomic mass is 9.85. The molecule has 1 amide bonds. The van der Waals surface area contributed by atoms with E-state index in [4.69, 9.17) is 21.2 Å². The monoisotopic (exact) mass is 479 g/mol. The zero-order valence-corrected chi connectivity index (χ0v) is 21.0. The number of carbonyl (C=O) groups is 1. The largest absolute Gasteiger partial charge is 0.494 e. The van der Waals surface area contributed by atoms with Crippen LogP contribution in [-0.4, -0.2) is 17.5 Å². The fourth-order valence-electron chi connectivity index (χ4n) is 5.59. The number of nitrogens with zero attached hydrogens (tertiary/aromatic N) is 1.